The molecule has 30 heavy (non-hydrogen) atoms. The molecule has 2 aromatic rings. The fraction of sp³-hybridized carbons (Fsp3) is 0.273. The summed E-state index contributed by atoms with van der Waals surface area (Å²) in [6.07, 6.45) is 3.42. The first-order chi connectivity index (χ1) is 14.5. The van der Waals surface area contributed by atoms with Gasteiger partial charge in [-0.1, -0.05) is 12.1 Å². The van der Waals surface area contributed by atoms with Crippen LogP contribution >= 0.6 is 11.3 Å². The molecule has 0 aliphatic carbocycles. The fourth-order valence-corrected chi connectivity index (χ4v) is 4.19. The van der Waals surface area contributed by atoms with Gasteiger partial charge in [0.15, 0.2) is 11.5 Å². The molecule has 0 unspecified atom stereocenters. The van der Waals surface area contributed by atoms with E-state index < -0.39 is 17.9 Å². The number of hydrogen-bond acceptors (Lipinski definition) is 8. The predicted molar refractivity (Wildman–Crippen MR) is 112 cm³/mol. The third-order valence-corrected chi connectivity index (χ3v) is 5.65. The van der Waals surface area contributed by atoms with Gasteiger partial charge in [-0.3, -0.25) is 0 Å². The number of rotatable bonds is 7. The van der Waals surface area contributed by atoms with E-state index in [-0.39, 0.29) is 0 Å². The van der Waals surface area contributed by atoms with Crippen LogP contribution in [0, 0.1) is 0 Å². The first-order valence-corrected chi connectivity index (χ1v) is 10.0. The van der Waals surface area contributed by atoms with Gasteiger partial charge in [-0.15, -0.1) is 11.3 Å². The molecule has 1 aromatic carbocycles. The van der Waals surface area contributed by atoms with E-state index in [1.54, 1.807) is 31.5 Å². The number of ether oxygens (including phenoxy) is 4. The van der Waals surface area contributed by atoms with Crippen molar-refractivity contribution in [3.63, 3.8) is 0 Å². The predicted octanol–water partition coefficient (Wildman–Crippen LogP) is 3.48. The minimum Gasteiger partial charge on any atom is -0.493 e. The fourth-order valence-electron chi connectivity index (χ4n) is 3.33. The maximum Gasteiger partial charge on any atom is 0.336 e. The van der Waals surface area contributed by atoms with E-state index >= 15 is 0 Å². The van der Waals surface area contributed by atoms with Crippen molar-refractivity contribution in [3.8, 4) is 11.5 Å². The molecule has 158 valence electrons. The Hall–Kier alpha value is -3.26. The molecule has 8 heteroatoms. The second kappa shape index (κ2) is 9.49. The summed E-state index contributed by atoms with van der Waals surface area (Å²) in [7, 11) is 5.79. The summed E-state index contributed by atoms with van der Waals surface area (Å²) in [4.78, 5) is 27.8. The van der Waals surface area contributed by atoms with Crippen LogP contribution < -0.4 is 9.47 Å². The Kier molecular flexibility index (Phi) is 6.79. The van der Waals surface area contributed by atoms with E-state index in [1.807, 2.05) is 35.7 Å². The molecule has 7 nitrogen and oxygen atoms in total. The lowest BCUT2D eigenvalue weighted by Gasteiger charge is -2.29. The zero-order valence-corrected chi connectivity index (χ0v) is 18.0. The average molecular weight is 429 g/mol. The lowest BCUT2D eigenvalue weighted by Crippen LogP contribution is -2.28. The smallest absolute Gasteiger partial charge is 0.336 e. The minimum absolute atomic E-state index is 0.364. The van der Waals surface area contributed by atoms with Crippen LogP contribution in [0.25, 0.3) is 0 Å². The highest BCUT2D eigenvalue weighted by Gasteiger charge is 2.35. The largest absolute Gasteiger partial charge is 0.493 e. The van der Waals surface area contributed by atoms with Crippen molar-refractivity contribution < 1.29 is 28.5 Å². The molecule has 0 radical (unpaired) electrons. The Morgan fingerprint density at radius 2 is 1.57 bits per heavy atom. The van der Waals surface area contributed by atoms with E-state index in [1.165, 1.54) is 25.6 Å². The summed E-state index contributed by atoms with van der Waals surface area (Å²) in [5.41, 5.74) is 1.63. The van der Waals surface area contributed by atoms with E-state index in [9.17, 15) is 9.59 Å². The van der Waals surface area contributed by atoms with Crippen LogP contribution in [0.15, 0.2) is 59.3 Å². The molecular formula is C22H23NO6S. The van der Waals surface area contributed by atoms with Gasteiger partial charge in [-0.05, 0) is 29.1 Å². The summed E-state index contributed by atoms with van der Waals surface area (Å²) in [5.74, 6) is -0.334. The molecule has 1 aliphatic rings. The lowest BCUT2D eigenvalue weighted by atomic mass is 9.88. The Balaban J connectivity index is 2.02. The molecular weight excluding hydrogens is 406 g/mol. The van der Waals surface area contributed by atoms with Crippen molar-refractivity contribution in [2.45, 2.75) is 12.5 Å². The molecule has 0 amide bonds. The molecule has 2 heterocycles. The second-order valence-electron chi connectivity index (χ2n) is 6.46. The molecule has 0 saturated carbocycles. The Bertz CT molecular complexity index is 946. The Morgan fingerprint density at radius 1 is 0.933 bits per heavy atom. The third-order valence-electron chi connectivity index (χ3n) is 4.71. The number of hydrogen-bond donors (Lipinski definition) is 0. The molecule has 1 aliphatic heterocycles. The van der Waals surface area contributed by atoms with Crippen molar-refractivity contribution >= 4 is 23.3 Å². The molecule has 0 atom stereocenters. The first-order valence-electron chi connectivity index (χ1n) is 9.12. The quantitative estimate of drug-likeness (QED) is 0.624. The number of esters is 2. The van der Waals surface area contributed by atoms with Crippen LogP contribution in [0.2, 0.25) is 0 Å². The summed E-state index contributed by atoms with van der Waals surface area (Å²) in [5, 5.41) is 1.90. The zero-order valence-electron chi connectivity index (χ0n) is 17.2. The number of methoxy groups -OCH3 is 4. The number of nitrogens with zero attached hydrogens (tertiary/aromatic N) is 1. The summed E-state index contributed by atoms with van der Waals surface area (Å²) in [6.45, 7) is 0.401. The molecule has 0 saturated heterocycles. The molecule has 0 N–H and O–H groups in total. The van der Waals surface area contributed by atoms with E-state index in [0.717, 1.165) is 10.4 Å². The molecule has 1 aromatic heterocycles. The van der Waals surface area contributed by atoms with Crippen LogP contribution in [-0.4, -0.2) is 45.3 Å². The van der Waals surface area contributed by atoms with Crippen molar-refractivity contribution in [1.82, 2.24) is 4.90 Å². The Labute approximate surface area is 179 Å². The monoisotopic (exact) mass is 429 g/mol. The van der Waals surface area contributed by atoms with Crippen LogP contribution in [0.1, 0.15) is 16.4 Å². The van der Waals surface area contributed by atoms with Crippen LogP contribution in [0.5, 0.6) is 11.5 Å². The van der Waals surface area contributed by atoms with E-state index in [4.69, 9.17) is 18.9 Å². The topological polar surface area (TPSA) is 74.3 Å². The molecule has 3 rings (SSSR count). The standard InChI is InChI=1S/C22H23NO6S/c1-26-17-8-7-14(10-18(17)27-2)11-23-12-15(21(24)28-3)20(19-6-5-9-30-19)16(13-23)22(25)29-4/h5-10,12-13,20H,11H2,1-4H3. The lowest BCUT2D eigenvalue weighted by molar-refractivity contribution is -0.137. The Morgan fingerprint density at radius 3 is 2.07 bits per heavy atom. The van der Waals surface area contributed by atoms with Gasteiger partial charge in [0.1, 0.15) is 0 Å². The van der Waals surface area contributed by atoms with E-state index in [2.05, 4.69) is 0 Å². The maximum atomic E-state index is 12.6. The van der Waals surface area contributed by atoms with Crippen molar-refractivity contribution in [1.29, 1.82) is 0 Å². The number of benzene rings is 1. The summed E-state index contributed by atoms with van der Waals surface area (Å²) in [6, 6.07) is 9.31. The van der Waals surface area contributed by atoms with Gasteiger partial charge in [0.05, 0.1) is 45.5 Å². The third kappa shape index (κ3) is 4.33. The number of carbonyl (C=O) groups is 2. The van der Waals surface area contributed by atoms with Gasteiger partial charge in [0.25, 0.3) is 0 Å². The van der Waals surface area contributed by atoms with Gasteiger partial charge in [0.2, 0.25) is 0 Å². The van der Waals surface area contributed by atoms with Crippen molar-refractivity contribution in [2.24, 2.45) is 0 Å². The highest BCUT2D eigenvalue weighted by Crippen LogP contribution is 2.39. The average Bonchev–Trinajstić information content (AvgIpc) is 3.31. The van der Waals surface area contributed by atoms with Crippen molar-refractivity contribution in [2.75, 3.05) is 28.4 Å². The summed E-state index contributed by atoms with van der Waals surface area (Å²) < 4.78 is 20.6. The number of thiophene rings is 1. The maximum absolute atomic E-state index is 12.6. The molecule has 0 spiro atoms. The highest BCUT2D eigenvalue weighted by atomic mass is 32.1. The second-order valence-corrected chi connectivity index (χ2v) is 7.44. The molecule has 0 fully saturated rings. The van der Waals surface area contributed by atoms with Crippen LogP contribution in [0.3, 0.4) is 0 Å². The van der Waals surface area contributed by atoms with Gasteiger partial charge in [0, 0.05) is 23.8 Å². The van der Waals surface area contributed by atoms with Gasteiger partial charge >= 0.3 is 11.9 Å². The van der Waals surface area contributed by atoms with Gasteiger partial charge < -0.3 is 23.8 Å². The highest BCUT2D eigenvalue weighted by molar-refractivity contribution is 7.10. The van der Waals surface area contributed by atoms with Crippen LogP contribution in [0.4, 0.5) is 0 Å². The number of carbonyl (C=O) groups excluding carboxylic acids is 2. The van der Waals surface area contributed by atoms with Crippen molar-refractivity contribution in [3.05, 3.63) is 69.7 Å². The summed E-state index contributed by atoms with van der Waals surface area (Å²) >= 11 is 1.46. The first kappa shape index (κ1) is 21.4. The molecule has 0 bridgehead atoms. The van der Waals surface area contributed by atoms with Gasteiger partial charge in [-0.2, -0.15) is 0 Å². The normalized spacial score (nSPS) is 13.9. The zero-order chi connectivity index (χ0) is 21.7. The van der Waals surface area contributed by atoms with E-state index in [0.29, 0.717) is 29.2 Å². The van der Waals surface area contributed by atoms with Gasteiger partial charge in [-0.25, -0.2) is 9.59 Å². The van der Waals surface area contributed by atoms with Crippen LogP contribution in [-0.2, 0) is 25.6 Å². The minimum atomic E-state index is -0.549. The SMILES string of the molecule is COC(=O)C1=CN(Cc2ccc(OC)c(OC)c2)C=C(C(=O)OC)C1c1cccs1.